The molecule has 1 aliphatic heterocycles. The van der Waals surface area contributed by atoms with Gasteiger partial charge in [0, 0.05) is 36.3 Å². The van der Waals surface area contributed by atoms with E-state index in [2.05, 4.69) is 25.9 Å². The first-order chi connectivity index (χ1) is 19.0. The summed E-state index contributed by atoms with van der Waals surface area (Å²) in [6.45, 7) is 6.55. The van der Waals surface area contributed by atoms with Gasteiger partial charge in [0.25, 0.3) is 11.8 Å². The number of benzene rings is 1. The minimum atomic E-state index is -0.907. The van der Waals surface area contributed by atoms with E-state index in [0.29, 0.717) is 18.1 Å². The number of anilines is 2. The van der Waals surface area contributed by atoms with Crippen LogP contribution in [-0.4, -0.2) is 58.8 Å². The van der Waals surface area contributed by atoms with E-state index in [9.17, 15) is 14.4 Å². The number of halogens is 1. The normalized spacial score (nSPS) is 14.0. The van der Waals surface area contributed by atoms with Gasteiger partial charge in [-0.2, -0.15) is 0 Å². The van der Waals surface area contributed by atoms with Crippen LogP contribution in [-0.2, 0) is 9.53 Å². The number of rotatable bonds is 9. The molecule has 210 valence electrons. The summed E-state index contributed by atoms with van der Waals surface area (Å²) in [5.41, 5.74) is -0.335. The first-order valence-corrected chi connectivity index (χ1v) is 14.1. The van der Waals surface area contributed by atoms with Crippen LogP contribution < -0.4 is 20.7 Å². The fraction of sp³-hybridized carbons (Fsp3) is 0.321. The van der Waals surface area contributed by atoms with Crippen LogP contribution in [0, 0.1) is 5.92 Å². The highest BCUT2D eigenvalue weighted by Gasteiger charge is 2.38. The van der Waals surface area contributed by atoms with Crippen LogP contribution in [0.2, 0.25) is 5.02 Å². The zero-order valence-corrected chi connectivity index (χ0v) is 24.1. The Balaban J connectivity index is 1.59. The standard InChI is InChI=1S/C28H30ClN5O5S/c1-28(2,3)39-27(37)24(16-13-30-14-16)38-21-12-18(40-4)8-9-19(21)25(35)33-20-6-5-11-31-23(20)26(36)34-22-10-7-17(29)15-32-22/h5-12,15-16,24,30H,13-14H2,1-4H3,(H,33,35)(H,32,34,36). The maximum atomic E-state index is 13.5. The first-order valence-electron chi connectivity index (χ1n) is 12.5. The lowest BCUT2D eigenvalue weighted by Crippen LogP contribution is -2.54. The molecule has 1 atom stereocenters. The molecule has 3 aromatic rings. The Morgan fingerprint density at radius 1 is 1.07 bits per heavy atom. The van der Waals surface area contributed by atoms with E-state index in [1.54, 1.807) is 63.2 Å². The molecule has 3 heterocycles. The van der Waals surface area contributed by atoms with Crippen molar-refractivity contribution >= 4 is 52.7 Å². The fourth-order valence-electron chi connectivity index (χ4n) is 3.78. The van der Waals surface area contributed by atoms with Gasteiger partial charge in [-0.05, 0) is 69.5 Å². The first kappa shape index (κ1) is 29.3. The highest BCUT2D eigenvalue weighted by Crippen LogP contribution is 2.30. The lowest BCUT2D eigenvalue weighted by atomic mass is 9.95. The number of carbonyl (C=O) groups is 3. The predicted octanol–water partition coefficient (Wildman–Crippen LogP) is 4.67. The van der Waals surface area contributed by atoms with Crippen molar-refractivity contribution in [3.63, 3.8) is 0 Å². The van der Waals surface area contributed by atoms with Gasteiger partial charge < -0.3 is 25.4 Å². The summed E-state index contributed by atoms with van der Waals surface area (Å²) in [7, 11) is 0. The van der Waals surface area contributed by atoms with Gasteiger partial charge >= 0.3 is 5.97 Å². The van der Waals surface area contributed by atoms with Crippen LogP contribution in [0.25, 0.3) is 0 Å². The molecule has 0 radical (unpaired) electrons. The van der Waals surface area contributed by atoms with Crippen LogP contribution in [0.4, 0.5) is 11.5 Å². The average Bonchev–Trinajstić information content (AvgIpc) is 2.87. The van der Waals surface area contributed by atoms with Crippen molar-refractivity contribution in [3.8, 4) is 5.75 Å². The summed E-state index contributed by atoms with van der Waals surface area (Å²) in [5.74, 6) is -1.21. The van der Waals surface area contributed by atoms with Crippen molar-refractivity contribution in [1.29, 1.82) is 0 Å². The van der Waals surface area contributed by atoms with E-state index in [0.717, 1.165) is 4.90 Å². The molecule has 12 heteroatoms. The number of pyridine rings is 2. The molecule has 1 fully saturated rings. The SMILES string of the molecule is CSc1ccc(C(=O)Nc2cccnc2C(=O)Nc2ccc(Cl)cn2)c(OC(C(=O)OC(C)(C)C)C2CNC2)c1. The third-order valence-corrected chi connectivity index (χ3v) is 6.76. The third kappa shape index (κ3) is 7.50. The van der Waals surface area contributed by atoms with Gasteiger partial charge in [-0.25, -0.2) is 14.8 Å². The molecule has 1 aliphatic rings. The molecule has 2 aromatic heterocycles. The Labute approximate surface area is 241 Å². The Morgan fingerprint density at radius 3 is 2.48 bits per heavy atom. The number of nitrogens with one attached hydrogen (secondary N) is 3. The van der Waals surface area contributed by atoms with E-state index in [4.69, 9.17) is 21.1 Å². The van der Waals surface area contributed by atoms with Crippen LogP contribution in [0.3, 0.4) is 0 Å². The molecular weight excluding hydrogens is 554 g/mol. The largest absolute Gasteiger partial charge is 0.477 e. The number of hydrogen-bond donors (Lipinski definition) is 3. The molecular formula is C28H30ClN5O5S. The third-order valence-electron chi connectivity index (χ3n) is 5.81. The van der Waals surface area contributed by atoms with Crippen molar-refractivity contribution in [1.82, 2.24) is 15.3 Å². The van der Waals surface area contributed by atoms with E-state index in [-0.39, 0.29) is 34.4 Å². The van der Waals surface area contributed by atoms with Crippen molar-refractivity contribution in [2.45, 2.75) is 37.4 Å². The summed E-state index contributed by atoms with van der Waals surface area (Å²) in [6.07, 6.45) is 3.84. The van der Waals surface area contributed by atoms with Crippen molar-refractivity contribution in [2.24, 2.45) is 5.92 Å². The lowest BCUT2D eigenvalue weighted by Gasteiger charge is -2.35. The average molecular weight is 584 g/mol. The Morgan fingerprint density at radius 2 is 1.85 bits per heavy atom. The fourth-order valence-corrected chi connectivity index (χ4v) is 4.32. The topological polar surface area (TPSA) is 132 Å². The number of carbonyl (C=O) groups excluding carboxylic acids is 3. The molecule has 1 saturated heterocycles. The lowest BCUT2D eigenvalue weighted by molar-refractivity contribution is -0.167. The molecule has 1 aromatic carbocycles. The molecule has 10 nitrogen and oxygen atoms in total. The molecule has 0 aliphatic carbocycles. The van der Waals surface area contributed by atoms with Gasteiger partial charge in [-0.15, -0.1) is 11.8 Å². The van der Waals surface area contributed by atoms with E-state index >= 15 is 0 Å². The monoisotopic (exact) mass is 583 g/mol. The smallest absolute Gasteiger partial charge is 0.348 e. The van der Waals surface area contributed by atoms with Gasteiger partial charge in [0.15, 0.2) is 5.69 Å². The second kappa shape index (κ2) is 12.7. The van der Waals surface area contributed by atoms with Gasteiger partial charge in [-0.1, -0.05) is 11.6 Å². The van der Waals surface area contributed by atoms with Gasteiger partial charge in [0.05, 0.1) is 16.3 Å². The Kier molecular flexibility index (Phi) is 9.28. The predicted molar refractivity (Wildman–Crippen MR) is 154 cm³/mol. The molecule has 1 unspecified atom stereocenters. The minimum absolute atomic E-state index is 0.0111. The van der Waals surface area contributed by atoms with E-state index < -0.39 is 29.5 Å². The second-order valence-corrected chi connectivity index (χ2v) is 11.3. The van der Waals surface area contributed by atoms with Crippen molar-refractivity contribution in [2.75, 3.05) is 30.0 Å². The minimum Gasteiger partial charge on any atom is -0.477 e. The molecule has 0 saturated carbocycles. The number of aromatic nitrogens is 2. The molecule has 2 amide bonds. The van der Waals surface area contributed by atoms with E-state index in [1.807, 2.05) is 6.26 Å². The highest BCUT2D eigenvalue weighted by atomic mass is 35.5. The summed E-state index contributed by atoms with van der Waals surface area (Å²) in [5, 5.41) is 8.98. The number of nitrogens with zero attached hydrogens (tertiary/aromatic N) is 2. The Hall–Kier alpha value is -3.67. The zero-order valence-electron chi connectivity index (χ0n) is 22.5. The van der Waals surface area contributed by atoms with Crippen LogP contribution in [0.15, 0.2) is 59.8 Å². The summed E-state index contributed by atoms with van der Waals surface area (Å²) in [6, 6.07) is 11.4. The number of ether oxygens (including phenoxy) is 2. The van der Waals surface area contributed by atoms with Gasteiger partial charge in [0.2, 0.25) is 6.10 Å². The highest BCUT2D eigenvalue weighted by molar-refractivity contribution is 7.98. The molecule has 40 heavy (non-hydrogen) atoms. The molecule has 3 N–H and O–H groups in total. The maximum Gasteiger partial charge on any atom is 0.348 e. The number of esters is 1. The molecule has 0 bridgehead atoms. The van der Waals surface area contributed by atoms with Crippen LogP contribution in [0.1, 0.15) is 41.6 Å². The second-order valence-electron chi connectivity index (χ2n) is 10.0. The maximum absolute atomic E-state index is 13.5. The van der Waals surface area contributed by atoms with Crippen molar-refractivity contribution < 1.29 is 23.9 Å². The van der Waals surface area contributed by atoms with Crippen LogP contribution in [0.5, 0.6) is 5.75 Å². The number of amides is 2. The molecule has 0 spiro atoms. The molecule has 4 rings (SSSR count). The van der Waals surface area contributed by atoms with Crippen molar-refractivity contribution in [3.05, 3.63) is 71.1 Å². The summed E-state index contributed by atoms with van der Waals surface area (Å²) in [4.78, 5) is 48.6. The van der Waals surface area contributed by atoms with Gasteiger partial charge in [-0.3, -0.25) is 9.59 Å². The van der Waals surface area contributed by atoms with Gasteiger partial charge in [0.1, 0.15) is 17.2 Å². The zero-order chi connectivity index (χ0) is 28.9. The Bertz CT molecular complexity index is 1390. The summed E-state index contributed by atoms with van der Waals surface area (Å²) >= 11 is 7.34. The van der Waals surface area contributed by atoms with E-state index in [1.165, 1.54) is 24.2 Å². The quantitative estimate of drug-likeness (QED) is 0.243. The number of hydrogen-bond acceptors (Lipinski definition) is 9. The number of thioether (sulfide) groups is 1. The summed E-state index contributed by atoms with van der Waals surface area (Å²) < 4.78 is 11.8. The van der Waals surface area contributed by atoms with Crippen LogP contribution >= 0.6 is 23.4 Å².